The molecule has 4 aliphatic carbocycles. The van der Waals surface area contributed by atoms with Gasteiger partial charge in [0.05, 0.1) is 12.4 Å². The molecule has 0 unspecified atom stereocenters. The summed E-state index contributed by atoms with van der Waals surface area (Å²) in [5.41, 5.74) is -0.432. The van der Waals surface area contributed by atoms with Gasteiger partial charge >= 0.3 is 5.82 Å². The quantitative estimate of drug-likeness (QED) is 0.178. The Morgan fingerprint density at radius 1 is 1.26 bits per heavy atom. The van der Waals surface area contributed by atoms with Gasteiger partial charge in [-0.25, -0.2) is 15.0 Å². The van der Waals surface area contributed by atoms with Crippen molar-refractivity contribution in [3.8, 4) is 0 Å². The zero-order valence-corrected chi connectivity index (χ0v) is 26.8. The van der Waals surface area contributed by atoms with Gasteiger partial charge in [0, 0.05) is 23.8 Å². The highest BCUT2D eigenvalue weighted by atomic mass is 32.2. The predicted molar refractivity (Wildman–Crippen MR) is 165 cm³/mol. The zero-order valence-electron chi connectivity index (χ0n) is 26.0. The lowest BCUT2D eigenvalue weighted by Crippen LogP contribution is -2.62. The first kappa shape index (κ1) is 32.2. The van der Waals surface area contributed by atoms with Crippen molar-refractivity contribution >= 4 is 40.3 Å². The van der Waals surface area contributed by atoms with Gasteiger partial charge in [0.15, 0.2) is 22.2 Å². The van der Waals surface area contributed by atoms with Crippen molar-refractivity contribution in [2.75, 3.05) is 6.61 Å². The first-order valence-corrected chi connectivity index (χ1v) is 16.0. The molecular weight excluding hydrogens is 614 g/mol. The van der Waals surface area contributed by atoms with Crippen LogP contribution in [0.2, 0.25) is 0 Å². The number of carbonyl (C=O) groups excluding carboxylic acids is 2. The standard InChI is InChI=1S/C22H30O5.C9H7N7O2S/c1-12-8-14-15-5-7-22(27,18(26)11-23)21(15,3)10-17(25)19(14)20(2)6-4-13(24)9-16(12)20;1-15-4-14-7(16(17)18)9(15)19-8-5-6(11-2-10-5)12-3-13-8/h4,6,9,12,14-15,17,19,23,25,27H,5,7-8,10-11H2,1-3H3;2-4H,1H3,(H,10,11,12,13)/t12-,14-,15-,17-,19+,20-,21-,22-;/m0./s1. The van der Waals surface area contributed by atoms with Gasteiger partial charge in [-0.2, -0.15) is 0 Å². The van der Waals surface area contributed by atoms with Crippen LogP contribution in [-0.4, -0.2) is 79.6 Å². The number of aliphatic hydroxyl groups is 3. The number of aromatic amines is 1. The summed E-state index contributed by atoms with van der Waals surface area (Å²) >= 11 is 1.15. The van der Waals surface area contributed by atoms with Gasteiger partial charge in [-0.1, -0.05) is 32.4 Å². The molecule has 14 nitrogen and oxygen atoms in total. The minimum Gasteiger partial charge on any atom is -0.393 e. The third-order valence-corrected chi connectivity index (χ3v) is 12.2. The summed E-state index contributed by atoms with van der Waals surface area (Å²) in [6.07, 6.45) is 11.1. The van der Waals surface area contributed by atoms with Crippen LogP contribution in [0.4, 0.5) is 5.82 Å². The molecule has 3 fully saturated rings. The predicted octanol–water partition coefficient (Wildman–Crippen LogP) is 2.95. The number of aryl methyl sites for hydroxylation is 1. The summed E-state index contributed by atoms with van der Waals surface area (Å²) in [5.74, 6) is -0.272. The summed E-state index contributed by atoms with van der Waals surface area (Å²) < 4.78 is 1.58. The average molecular weight is 652 g/mol. The smallest absolute Gasteiger partial charge is 0.393 e. The van der Waals surface area contributed by atoms with Gasteiger partial charge in [-0.3, -0.25) is 9.59 Å². The zero-order chi connectivity index (χ0) is 33.2. The molecule has 3 aromatic heterocycles. The number of aliphatic hydroxyl groups excluding tert-OH is 2. The number of rotatable bonds is 5. The molecule has 0 radical (unpaired) electrons. The Bertz CT molecular complexity index is 1790. The van der Waals surface area contributed by atoms with Gasteiger partial charge in [0.25, 0.3) is 0 Å². The molecule has 46 heavy (non-hydrogen) atoms. The van der Waals surface area contributed by atoms with E-state index in [0.29, 0.717) is 34.1 Å². The van der Waals surface area contributed by atoms with Crippen LogP contribution in [0.1, 0.15) is 46.5 Å². The second kappa shape index (κ2) is 11.5. The molecular formula is C31H37N7O7S. The highest BCUT2D eigenvalue weighted by molar-refractivity contribution is 7.99. The topological polar surface area (TPSA) is 210 Å². The van der Waals surface area contributed by atoms with Crippen molar-refractivity contribution in [2.24, 2.45) is 41.5 Å². The molecule has 3 aromatic rings. The van der Waals surface area contributed by atoms with Crippen LogP contribution in [0.25, 0.3) is 11.2 Å². The van der Waals surface area contributed by atoms with E-state index in [9.17, 15) is 35.0 Å². The number of nitrogens with zero attached hydrogens (tertiary/aromatic N) is 6. The fourth-order valence-electron chi connectivity index (χ4n) is 8.90. The van der Waals surface area contributed by atoms with E-state index >= 15 is 0 Å². The Balaban J connectivity index is 0.000000172. The Labute approximate surface area is 268 Å². The molecule has 0 aromatic carbocycles. The monoisotopic (exact) mass is 651 g/mol. The minimum atomic E-state index is -1.57. The molecule has 0 bridgehead atoms. The Morgan fingerprint density at radius 2 is 2.02 bits per heavy atom. The molecule has 0 aliphatic heterocycles. The van der Waals surface area contributed by atoms with Crippen LogP contribution in [0.3, 0.4) is 0 Å². The second-order valence-electron chi connectivity index (χ2n) is 13.3. The summed E-state index contributed by atoms with van der Waals surface area (Å²) in [6, 6.07) is 0. The number of nitrogens with one attached hydrogen (secondary N) is 1. The normalized spacial score (nSPS) is 34.6. The molecule has 244 valence electrons. The van der Waals surface area contributed by atoms with E-state index in [2.05, 4.69) is 38.8 Å². The molecule has 3 heterocycles. The first-order valence-electron chi connectivity index (χ1n) is 15.2. The summed E-state index contributed by atoms with van der Waals surface area (Å²) in [7, 11) is 1.69. The molecule has 15 heteroatoms. The number of allylic oxidation sites excluding steroid dienone is 4. The van der Waals surface area contributed by atoms with Crippen molar-refractivity contribution in [3.63, 3.8) is 0 Å². The van der Waals surface area contributed by atoms with E-state index in [-0.39, 0.29) is 40.7 Å². The SMILES string of the molecule is C[C@H]1C[C@@H]2[C@H]([C@@H](O)C[C@@]3(C)[C@H]2CC[C@]3(O)C(=O)CO)[C@@]2(C)C=CC(=O)C=C12.Cn1cnc([N+](=O)[O-])c1Sc1ncnc2nc[nH]c12. The van der Waals surface area contributed by atoms with Crippen molar-refractivity contribution in [3.05, 3.63) is 52.9 Å². The fourth-order valence-corrected chi connectivity index (χ4v) is 9.85. The summed E-state index contributed by atoms with van der Waals surface area (Å²) in [6.45, 7) is 5.48. The number of hydrogen-bond donors (Lipinski definition) is 4. The molecule has 0 spiro atoms. The Morgan fingerprint density at radius 3 is 2.74 bits per heavy atom. The number of fused-ring (bicyclic) bond motifs is 6. The van der Waals surface area contributed by atoms with Crippen LogP contribution < -0.4 is 0 Å². The van der Waals surface area contributed by atoms with Crippen molar-refractivity contribution in [1.29, 1.82) is 0 Å². The lowest BCUT2D eigenvalue weighted by molar-refractivity contribution is -0.392. The van der Waals surface area contributed by atoms with E-state index in [4.69, 9.17) is 0 Å². The van der Waals surface area contributed by atoms with Gasteiger partial charge < -0.3 is 35.0 Å². The van der Waals surface area contributed by atoms with E-state index in [0.717, 1.165) is 30.2 Å². The molecule has 0 amide bonds. The van der Waals surface area contributed by atoms with Gasteiger partial charge in [-0.15, -0.1) is 0 Å². The molecule has 4 aliphatic rings. The first-order chi connectivity index (χ1) is 21.7. The third kappa shape index (κ3) is 4.82. The van der Waals surface area contributed by atoms with Crippen LogP contribution in [0.15, 0.2) is 52.8 Å². The molecule has 0 saturated heterocycles. The highest BCUT2D eigenvalue weighted by Crippen LogP contribution is 2.67. The average Bonchev–Trinajstić information content (AvgIpc) is 3.71. The maximum Gasteiger partial charge on any atom is 0.396 e. The summed E-state index contributed by atoms with van der Waals surface area (Å²) in [4.78, 5) is 53.5. The molecule has 8 atom stereocenters. The van der Waals surface area contributed by atoms with Gasteiger partial charge in [-0.05, 0) is 77.3 Å². The van der Waals surface area contributed by atoms with Gasteiger partial charge in [0.1, 0.15) is 29.1 Å². The lowest BCUT2D eigenvalue weighted by atomic mass is 9.45. The highest BCUT2D eigenvalue weighted by Gasteiger charge is 2.68. The lowest BCUT2D eigenvalue weighted by Gasteiger charge is -2.60. The molecule has 3 saturated carbocycles. The molecule has 7 rings (SSSR count). The second-order valence-corrected chi connectivity index (χ2v) is 14.3. The van der Waals surface area contributed by atoms with Gasteiger partial charge in [0.2, 0.25) is 6.33 Å². The summed E-state index contributed by atoms with van der Waals surface area (Å²) in [5, 5.41) is 43.7. The number of carbonyl (C=O) groups is 2. The van der Waals surface area contributed by atoms with E-state index in [1.165, 1.54) is 19.0 Å². The fraction of sp³-hybridized carbons (Fsp3) is 0.548. The van der Waals surface area contributed by atoms with E-state index in [1.807, 2.05) is 13.0 Å². The number of hydrogen-bond acceptors (Lipinski definition) is 12. The minimum absolute atomic E-state index is 0.00620. The number of Topliss-reactive ketones (excluding diaryl/α,β-unsaturated/α-hetero) is 1. The third-order valence-electron chi connectivity index (χ3n) is 11.0. The van der Waals surface area contributed by atoms with E-state index in [1.54, 1.807) is 23.8 Å². The van der Waals surface area contributed by atoms with Crippen LogP contribution in [0.5, 0.6) is 0 Å². The van der Waals surface area contributed by atoms with Crippen molar-refractivity contribution in [2.45, 2.75) is 68.2 Å². The Kier molecular flexibility index (Phi) is 8.02. The number of aromatic nitrogens is 6. The number of nitro groups is 1. The maximum absolute atomic E-state index is 12.4. The molecule has 4 N–H and O–H groups in total. The largest absolute Gasteiger partial charge is 0.396 e. The van der Waals surface area contributed by atoms with Crippen LogP contribution in [-0.2, 0) is 16.6 Å². The number of ketones is 2. The maximum atomic E-state index is 12.4. The van der Waals surface area contributed by atoms with Crippen LogP contribution in [0, 0.1) is 44.6 Å². The number of H-pyrrole nitrogens is 1. The number of imidazole rings is 2. The van der Waals surface area contributed by atoms with E-state index < -0.39 is 34.4 Å². The van der Waals surface area contributed by atoms with Crippen LogP contribution >= 0.6 is 11.8 Å². The van der Waals surface area contributed by atoms with Crippen molar-refractivity contribution < 1.29 is 29.8 Å². The van der Waals surface area contributed by atoms with Crippen molar-refractivity contribution in [1.82, 2.24) is 29.5 Å². The Hall–Kier alpha value is -3.79.